The molecular weight excluding hydrogens is 400 g/mol. The molecule has 0 saturated heterocycles. The molecule has 2 N–H and O–H groups in total. The summed E-state index contributed by atoms with van der Waals surface area (Å²) in [6.07, 6.45) is 1.64. The summed E-state index contributed by atoms with van der Waals surface area (Å²) in [5.74, 6) is 0.663. The smallest absolute Gasteiger partial charge is 0.186 e. The van der Waals surface area contributed by atoms with Crippen molar-refractivity contribution in [1.29, 1.82) is 5.26 Å². The summed E-state index contributed by atoms with van der Waals surface area (Å²) in [6.45, 7) is 2.98. The summed E-state index contributed by atoms with van der Waals surface area (Å²) in [4.78, 5) is 0. The largest absolute Gasteiger partial charge is 0.488 e. The van der Waals surface area contributed by atoms with Crippen LogP contribution >= 0.6 is 28.1 Å². The number of halogens is 1. The van der Waals surface area contributed by atoms with Crippen LogP contribution in [0.3, 0.4) is 0 Å². The van der Waals surface area contributed by atoms with Crippen LogP contribution in [0.5, 0.6) is 5.75 Å². The zero-order valence-corrected chi connectivity index (χ0v) is 16.0. The Balaban J connectivity index is 2.11. The predicted molar refractivity (Wildman–Crippen MR) is 107 cm³/mol. The van der Waals surface area contributed by atoms with Crippen LogP contribution in [0.1, 0.15) is 23.6 Å². The predicted octanol–water partition coefficient (Wildman–Crippen LogP) is 3.72. The number of rotatable bonds is 6. The first-order valence-corrected chi connectivity index (χ1v) is 8.81. The van der Waals surface area contributed by atoms with E-state index in [-0.39, 0.29) is 0 Å². The highest BCUT2D eigenvalue weighted by atomic mass is 79.9. The lowest BCUT2D eigenvalue weighted by molar-refractivity contribution is 0.305. The van der Waals surface area contributed by atoms with E-state index in [1.54, 1.807) is 12.3 Å². The van der Waals surface area contributed by atoms with Crippen LogP contribution in [0.2, 0.25) is 0 Å². The highest BCUT2D eigenvalue weighted by molar-refractivity contribution is 9.10. The fourth-order valence-electron chi connectivity index (χ4n) is 2.02. The molecule has 5 nitrogen and oxygen atoms in total. The Bertz CT molecular complexity index is 817. The maximum Gasteiger partial charge on any atom is 0.186 e. The minimum absolute atomic E-state index is 0.301. The molecule has 2 rings (SSSR count). The second-order valence-electron chi connectivity index (χ2n) is 4.97. The average molecular weight is 417 g/mol. The van der Waals surface area contributed by atoms with Crippen molar-refractivity contribution >= 4 is 39.5 Å². The van der Waals surface area contributed by atoms with E-state index in [2.05, 4.69) is 37.8 Å². The molecule has 0 atom stereocenters. The van der Waals surface area contributed by atoms with E-state index < -0.39 is 0 Å². The number of nitrogens with one attached hydrogen (secondary N) is 2. The number of hydrogen-bond donors (Lipinski definition) is 2. The van der Waals surface area contributed by atoms with Crippen LogP contribution in [0.25, 0.3) is 0 Å². The number of ether oxygens (including phenoxy) is 1. The van der Waals surface area contributed by atoms with Gasteiger partial charge in [-0.2, -0.15) is 10.4 Å². The Hall–Kier alpha value is -2.43. The molecule has 0 unspecified atom stereocenters. The second kappa shape index (κ2) is 9.77. The summed E-state index contributed by atoms with van der Waals surface area (Å²) in [6, 6.07) is 15.2. The minimum atomic E-state index is 0.301. The van der Waals surface area contributed by atoms with E-state index in [4.69, 9.17) is 22.2 Å². The van der Waals surface area contributed by atoms with Gasteiger partial charge in [0.25, 0.3) is 0 Å². The molecule has 7 heteroatoms. The van der Waals surface area contributed by atoms with E-state index in [1.165, 1.54) is 0 Å². The maximum absolute atomic E-state index is 9.16. The molecule has 0 saturated carbocycles. The lowest BCUT2D eigenvalue weighted by atomic mass is 10.1. The zero-order valence-electron chi connectivity index (χ0n) is 13.6. The molecular formula is C18H17BrN4OS. The quantitative estimate of drug-likeness (QED) is 0.426. The molecule has 0 fully saturated rings. The van der Waals surface area contributed by atoms with Gasteiger partial charge in [-0.05, 0) is 43.4 Å². The van der Waals surface area contributed by atoms with E-state index >= 15 is 0 Å². The van der Waals surface area contributed by atoms with E-state index in [0.29, 0.717) is 23.0 Å². The van der Waals surface area contributed by atoms with Gasteiger partial charge in [0.2, 0.25) is 0 Å². The number of nitriles is 1. The summed E-state index contributed by atoms with van der Waals surface area (Å²) in [5.41, 5.74) is 4.97. The molecule has 128 valence electrons. The molecule has 0 aromatic heterocycles. The molecule has 0 aliphatic heterocycles. The highest BCUT2D eigenvalue weighted by Crippen LogP contribution is 2.23. The first-order valence-electron chi connectivity index (χ1n) is 7.61. The molecule has 2 aromatic carbocycles. The number of benzene rings is 2. The van der Waals surface area contributed by atoms with Gasteiger partial charge in [-0.3, -0.25) is 5.43 Å². The Labute approximate surface area is 160 Å². The molecule has 0 amide bonds. The second-order valence-corrected chi connectivity index (χ2v) is 6.29. The van der Waals surface area contributed by atoms with Gasteiger partial charge >= 0.3 is 0 Å². The fraction of sp³-hybridized carbons (Fsp3) is 0.167. The van der Waals surface area contributed by atoms with Crippen molar-refractivity contribution in [2.75, 3.05) is 6.54 Å². The average Bonchev–Trinajstić information content (AvgIpc) is 2.61. The van der Waals surface area contributed by atoms with Gasteiger partial charge in [-0.1, -0.05) is 34.1 Å². The van der Waals surface area contributed by atoms with Crippen molar-refractivity contribution in [3.8, 4) is 11.8 Å². The number of nitrogens with zero attached hydrogens (tertiary/aromatic N) is 2. The van der Waals surface area contributed by atoms with Crippen LogP contribution in [-0.4, -0.2) is 17.9 Å². The van der Waals surface area contributed by atoms with Crippen LogP contribution < -0.4 is 15.5 Å². The molecule has 2 aromatic rings. The molecule has 25 heavy (non-hydrogen) atoms. The third-order valence-corrected chi connectivity index (χ3v) is 3.93. The normalized spacial score (nSPS) is 10.3. The highest BCUT2D eigenvalue weighted by Gasteiger charge is 2.06. The van der Waals surface area contributed by atoms with Crippen LogP contribution in [0.4, 0.5) is 0 Å². The van der Waals surface area contributed by atoms with Gasteiger partial charge in [0.1, 0.15) is 12.4 Å². The zero-order chi connectivity index (χ0) is 18.1. The third kappa shape index (κ3) is 5.85. The number of hydrazone groups is 1. The third-order valence-electron chi connectivity index (χ3n) is 3.20. The van der Waals surface area contributed by atoms with Crippen molar-refractivity contribution in [1.82, 2.24) is 10.7 Å². The van der Waals surface area contributed by atoms with Crippen molar-refractivity contribution < 1.29 is 4.74 Å². The monoisotopic (exact) mass is 416 g/mol. The Morgan fingerprint density at radius 3 is 2.92 bits per heavy atom. The van der Waals surface area contributed by atoms with Gasteiger partial charge in [0, 0.05) is 22.1 Å². The molecule has 0 bridgehead atoms. The van der Waals surface area contributed by atoms with Crippen molar-refractivity contribution in [3.63, 3.8) is 0 Å². The lowest BCUT2D eigenvalue weighted by Gasteiger charge is -2.11. The first-order chi connectivity index (χ1) is 12.1. The minimum Gasteiger partial charge on any atom is -0.488 e. The van der Waals surface area contributed by atoms with Gasteiger partial charge < -0.3 is 10.1 Å². The van der Waals surface area contributed by atoms with Crippen LogP contribution in [0.15, 0.2) is 52.0 Å². The molecule has 0 aliphatic rings. The van der Waals surface area contributed by atoms with Crippen molar-refractivity contribution in [2.45, 2.75) is 13.5 Å². The van der Waals surface area contributed by atoms with Gasteiger partial charge in [0.05, 0.1) is 17.8 Å². The van der Waals surface area contributed by atoms with Crippen LogP contribution in [-0.2, 0) is 6.61 Å². The fourth-order valence-corrected chi connectivity index (χ4v) is 2.60. The van der Waals surface area contributed by atoms with Crippen molar-refractivity contribution in [2.24, 2.45) is 5.10 Å². The number of hydrogen-bond acceptors (Lipinski definition) is 4. The Morgan fingerprint density at radius 2 is 2.16 bits per heavy atom. The lowest BCUT2D eigenvalue weighted by Crippen LogP contribution is -2.31. The topological polar surface area (TPSA) is 69.4 Å². The molecule has 0 heterocycles. The number of thiocarbonyl (C=S) groups is 1. The summed E-state index contributed by atoms with van der Waals surface area (Å²) in [5, 5.41) is 16.7. The SMILES string of the molecule is CCNC(=S)N/N=C\c1cc(Br)ccc1OCc1ccccc1C#N. The molecule has 0 radical (unpaired) electrons. The van der Waals surface area contributed by atoms with Gasteiger partial charge in [0.15, 0.2) is 5.11 Å². The van der Waals surface area contributed by atoms with E-state index in [1.807, 2.05) is 43.3 Å². The van der Waals surface area contributed by atoms with Gasteiger partial charge in [-0.15, -0.1) is 0 Å². The summed E-state index contributed by atoms with van der Waals surface area (Å²) >= 11 is 8.50. The Kier molecular flexibility index (Phi) is 7.38. The Morgan fingerprint density at radius 1 is 1.36 bits per heavy atom. The van der Waals surface area contributed by atoms with Gasteiger partial charge in [-0.25, -0.2) is 0 Å². The van der Waals surface area contributed by atoms with Crippen molar-refractivity contribution in [3.05, 3.63) is 63.6 Å². The van der Waals surface area contributed by atoms with Crippen LogP contribution in [0, 0.1) is 11.3 Å². The van der Waals surface area contributed by atoms with E-state index in [9.17, 15) is 0 Å². The summed E-state index contributed by atoms with van der Waals surface area (Å²) in [7, 11) is 0. The summed E-state index contributed by atoms with van der Waals surface area (Å²) < 4.78 is 6.80. The first kappa shape index (κ1) is 18.9. The maximum atomic E-state index is 9.16. The van der Waals surface area contributed by atoms with E-state index in [0.717, 1.165) is 22.1 Å². The standard InChI is InChI=1S/C18H17BrN4OS/c1-2-21-18(25)23-22-11-15-9-16(19)7-8-17(15)24-12-14-6-4-3-5-13(14)10-20/h3-9,11H,2,12H2,1H3,(H2,21,23,25)/b22-11-. The molecule has 0 aliphatic carbocycles. The molecule has 0 spiro atoms.